The number of nitrogens with one attached hydrogen (secondary N) is 1. The molecule has 222 valence electrons. The van der Waals surface area contributed by atoms with Gasteiger partial charge in [0.15, 0.2) is 5.82 Å². The number of aliphatic hydroxyl groups excluding tert-OH is 1. The van der Waals surface area contributed by atoms with E-state index in [0.717, 1.165) is 7.11 Å². The van der Waals surface area contributed by atoms with Crippen molar-refractivity contribution in [1.29, 1.82) is 0 Å². The van der Waals surface area contributed by atoms with Crippen LogP contribution in [0.1, 0.15) is 19.7 Å². The zero-order chi connectivity index (χ0) is 30.2. The minimum Gasteiger partial charge on any atom is -0.494 e. The number of aromatic nitrogens is 6. The number of ether oxygens (including phenoxy) is 4. The summed E-state index contributed by atoms with van der Waals surface area (Å²) in [5.74, 6) is 1.54. The lowest BCUT2D eigenvalue weighted by atomic mass is 10.2. The van der Waals surface area contributed by atoms with Gasteiger partial charge in [-0.2, -0.15) is 0 Å². The second-order valence-corrected chi connectivity index (χ2v) is 10.5. The van der Waals surface area contributed by atoms with Crippen LogP contribution in [0.2, 0.25) is 0 Å². The summed E-state index contributed by atoms with van der Waals surface area (Å²) < 4.78 is 52.9. The lowest BCUT2D eigenvalue weighted by Crippen LogP contribution is -2.29. The second-order valence-electron chi connectivity index (χ2n) is 8.39. The van der Waals surface area contributed by atoms with E-state index in [1.165, 1.54) is 33.0 Å². The first-order valence-electron chi connectivity index (χ1n) is 12.2. The molecule has 3 heterocycles. The van der Waals surface area contributed by atoms with Gasteiger partial charge in [-0.3, -0.25) is 14.3 Å². The third-order valence-corrected chi connectivity index (χ3v) is 7.51. The number of methoxy groups -OCH3 is 4. The van der Waals surface area contributed by atoms with Gasteiger partial charge in [0.25, 0.3) is 0 Å². The van der Waals surface area contributed by atoms with Crippen molar-refractivity contribution in [3.05, 3.63) is 54.0 Å². The molecule has 3 aromatic heterocycles. The summed E-state index contributed by atoms with van der Waals surface area (Å²) in [6, 6.07) is 10.3. The van der Waals surface area contributed by atoms with E-state index in [4.69, 9.17) is 24.1 Å². The first kappa shape index (κ1) is 31.0. The molecule has 0 unspecified atom stereocenters. The fraction of sp³-hybridized carbons (Fsp3) is 0.346. The monoisotopic (exact) mass is 589 g/mol. The number of hydrogen-bond acceptors (Lipinski definition) is 12. The van der Waals surface area contributed by atoms with Crippen LogP contribution in [0.15, 0.2) is 42.6 Å². The van der Waals surface area contributed by atoms with Gasteiger partial charge in [-0.1, -0.05) is 12.1 Å². The van der Waals surface area contributed by atoms with Crippen LogP contribution < -0.4 is 23.7 Å². The Bertz CT molecular complexity index is 1560. The molecule has 4 aromatic rings. The average Bonchev–Trinajstić information content (AvgIpc) is 3.40. The average molecular weight is 590 g/mol. The third-order valence-electron chi connectivity index (χ3n) is 5.82. The number of rotatable bonds is 11. The Labute approximate surface area is 239 Å². The fourth-order valence-electron chi connectivity index (χ4n) is 3.83. The number of pyridine rings is 1. The maximum atomic E-state index is 13.5. The Morgan fingerprint density at radius 3 is 2.22 bits per heavy atom. The standard InChI is InChI=1S/C25H29N7O6S.CH4O.H2/c1-15-14-26-18(24(27-15)38-6)13-16(2)39(33,34)31-25-30-29-23(17-9-7-12-21(28-17)37-5)32(25)22-19(35-3)10-8-11-20(22)36-4;1-2;/h7-12,14,16H,13H2,1-6H3,(H,30,31);2H,1H3;1H/t16-;;/m1../s1. The SMILES string of the molecule is CO.COc1cccc(-c2nnc(NS(=O)(=O)[C@H](C)Cc3ncc(C)nc3OC)n2-c2c(OC)cccc2OC)n1.[HH]. The number of sulfonamides is 1. The Morgan fingerprint density at radius 2 is 1.61 bits per heavy atom. The van der Waals surface area contributed by atoms with Crippen LogP contribution in [0.5, 0.6) is 23.3 Å². The van der Waals surface area contributed by atoms with E-state index < -0.39 is 15.3 Å². The van der Waals surface area contributed by atoms with Crippen LogP contribution in [0.3, 0.4) is 0 Å². The molecule has 0 amide bonds. The van der Waals surface area contributed by atoms with Crippen molar-refractivity contribution in [2.75, 3.05) is 40.3 Å². The van der Waals surface area contributed by atoms with E-state index in [2.05, 4.69) is 29.9 Å². The van der Waals surface area contributed by atoms with Crippen LogP contribution in [0.4, 0.5) is 5.95 Å². The molecule has 0 fully saturated rings. The summed E-state index contributed by atoms with van der Waals surface area (Å²) in [6.45, 7) is 3.33. The molecule has 14 nitrogen and oxygen atoms in total. The number of para-hydroxylation sites is 1. The second kappa shape index (κ2) is 13.7. The van der Waals surface area contributed by atoms with Gasteiger partial charge in [0, 0.05) is 27.2 Å². The highest BCUT2D eigenvalue weighted by molar-refractivity contribution is 7.93. The highest BCUT2D eigenvalue weighted by Crippen LogP contribution is 2.37. The summed E-state index contributed by atoms with van der Waals surface area (Å²) in [7, 11) is 2.92. The predicted octanol–water partition coefficient (Wildman–Crippen LogP) is 2.69. The predicted molar refractivity (Wildman–Crippen MR) is 154 cm³/mol. The number of aliphatic hydroxyl groups is 1. The van der Waals surface area contributed by atoms with Crippen LogP contribution in [-0.2, 0) is 16.4 Å². The van der Waals surface area contributed by atoms with E-state index in [0.29, 0.717) is 40.1 Å². The number of nitrogens with zero attached hydrogens (tertiary/aromatic N) is 6. The van der Waals surface area contributed by atoms with Crippen LogP contribution in [0.25, 0.3) is 17.2 Å². The van der Waals surface area contributed by atoms with E-state index >= 15 is 0 Å². The van der Waals surface area contributed by atoms with Crippen LogP contribution in [0, 0.1) is 6.92 Å². The third kappa shape index (κ3) is 6.81. The molecule has 41 heavy (non-hydrogen) atoms. The van der Waals surface area contributed by atoms with Gasteiger partial charge in [0.2, 0.25) is 27.7 Å². The lowest BCUT2D eigenvalue weighted by molar-refractivity contribution is 0.387. The highest BCUT2D eigenvalue weighted by Gasteiger charge is 2.29. The number of benzene rings is 1. The Balaban J connectivity index is 0.00000201. The summed E-state index contributed by atoms with van der Waals surface area (Å²) >= 11 is 0. The van der Waals surface area contributed by atoms with Crippen molar-refractivity contribution >= 4 is 16.0 Å². The molecule has 0 aliphatic carbocycles. The smallest absolute Gasteiger partial charge is 0.243 e. The van der Waals surface area contributed by atoms with E-state index in [1.54, 1.807) is 56.4 Å². The first-order valence-corrected chi connectivity index (χ1v) is 13.8. The topological polar surface area (TPSA) is 173 Å². The lowest BCUT2D eigenvalue weighted by Gasteiger charge is -2.19. The Hall–Kier alpha value is -4.50. The van der Waals surface area contributed by atoms with Crippen molar-refractivity contribution in [3.8, 4) is 40.5 Å². The quantitative estimate of drug-likeness (QED) is 0.262. The molecule has 0 bridgehead atoms. The summed E-state index contributed by atoms with van der Waals surface area (Å²) in [5.41, 5.74) is 1.83. The minimum atomic E-state index is -4.02. The summed E-state index contributed by atoms with van der Waals surface area (Å²) in [6.07, 6.45) is 1.60. The fourth-order valence-corrected chi connectivity index (χ4v) is 4.79. The molecule has 1 atom stereocenters. The Morgan fingerprint density at radius 1 is 0.951 bits per heavy atom. The molecule has 2 N–H and O–H groups in total. The number of aryl methyl sites for hydroxylation is 1. The van der Waals surface area contributed by atoms with Crippen LogP contribution >= 0.6 is 0 Å². The molecular formula is C26H35N7O7S. The summed E-state index contributed by atoms with van der Waals surface area (Å²) in [5, 5.41) is 14.5. The van der Waals surface area contributed by atoms with Gasteiger partial charge < -0.3 is 24.1 Å². The Kier molecular flexibility index (Phi) is 10.4. The molecule has 0 spiro atoms. The van der Waals surface area contributed by atoms with Gasteiger partial charge in [0.05, 0.1) is 39.4 Å². The molecule has 1 aromatic carbocycles. The zero-order valence-corrected chi connectivity index (χ0v) is 24.6. The van der Waals surface area contributed by atoms with Gasteiger partial charge >= 0.3 is 0 Å². The molecule has 0 aliphatic heterocycles. The van der Waals surface area contributed by atoms with Crippen molar-refractivity contribution in [2.45, 2.75) is 25.5 Å². The van der Waals surface area contributed by atoms with E-state index in [9.17, 15) is 8.42 Å². The molecule has 15 heteroatoms. The van der Waals surface area contributed by atoms with Crippen molar-refractivity contribution in [3.63, 3.8) is 0 Å². The molecule has 0 radical (unpaired) electrons. The largest absolute Gasteiger partial charge is 0.494 e. The van der Waals surface area contributed by atoms with Crippen molar-refractivity contribution in [1.82, 2.24) is 29.7 Å². The van der Waals surface area contributed by atoms with Gasteiger partial charge in [-0.05, 0) is 32.0 Å². The van der Waals surface area contributed by atoms with Gasteiger partial charge in [0.1, 0.15) is 28.6 Å². The minimum absolute atomic E-state index is 0. The van der Waals surface area contributed by atoms with Gasteiger partial charge in [-0.15, -0.1) is 10.2 Å². The molecule has 0 saturated heterocycles. The number of anilines is 1. The van der Waals surface area contributed by atoms with Crippen molar-refractivity contribution in [2.24, 2.45) is 0 Å². The maximum absolute atomic E-state index is 13.5. The zero-order valence-electron chi connectivity index (χ0n) is 23.8. The maximum Gasteiger partial charge on any atom is 0.243 e. The molecule has 0 aliphatic rings. The highest BCUT2D eigenvalue weighted by atomic mass is 32.2. The summed E-state index contributed by atoms with van der Waals surface area (Å²) in [4.78, 5) is 13.0. The molecule has 4 rings (SSSR count). The van der Waals surface area contributed by atoms with Crippen LogP contribution in [-0.4, -0.2) is 84.0 Å². The number of hydrogen-bond donors (Lipinski definition) is 2. The first-order chi connectivity index (χ1) is 19.7. The normalized spacial score (nSPS) is 11.6. The molecule has 0 saturated carbocycles. The van der Waals surface area contributed by atoms with E-state index in [-0.39, 0.29) is 25.5 Å². The molecular weight excluding hydrogens is 554 g/mol. The van der Waals surface area contributed by atoms with Crippen molar-refractivity contribution < 1.29 is 33.9 Å². The van der Waals surface area contributed by atoms with Gasteiger partial charge in [-0.25, -0.2) is 18.4 Å². The van der Waals surface area contributed by atoms with E-state index in [1.807, 2.05) is 0 Å².